The van der Waals surface area contributed by atoms with Gasteiger partial charge in [0.15, 0.2) is 5.34 Å². The van der Waals surface area contributed by atoms with Crippen LogP contribution in [0.5, 0.6) is 0 Å². The highest BCUT2D eigenvalue weighted by atomic mass is 35.5. The third kappa shape index (κ3) is 3.48. The van der Waals surface area contributed by atoms with Crippen LogP contribution in [-0.2, 0) is 23.7 Å². The molecule has 1 rings (SSSR count). The summed E-state index contributed by atoms with van der Waals surface area (Å²) in [5, 5.41) is 9.09. The van der Waals surface area contributed by atoms with Gasteiger partial charge in [-0.15, -0.1) is 0 Å². The second kappa shape index (κ2) is 7.34. The topological polar surface area (TPSA) is 72.8 Å². The summed E-state index contributed by atoms with van der Waals surface area (Å²) >= 11 is 5.88. The van der Waals surface area contributed by atoms with Gasteiger partial charge in [-0.25, -0.2) is 0 Å². The largest absolute Gasteiger partial charge is 0.373 e. The number of hydrogen-bond acceptors (Lipinski definition) is 5. The van der Waals surface area contributed by atoms with E-state index in [0.29, 0.717) is 11.3 Å². The molecule has 1 atom stereocenters. The maximum Gasteiger partial charge on any atom is 0.366 e. The number of halogens is 1. The van der Waals surface area contributed by atoms with Gasteiger partial charge in [-0.05, 0) is 31.5 Å². The fraction of sp³-hybridized carbons (Fsp3) is 0.462. The van der Waals surface area contributed by atoms with E-state index < -0.39 is 19.4 Å². The van der Waals surface area contributed by atoms with Crippen LogP contribution in [0.2, 0.25) is 5.02 Å². The predicted octanol–water partition coefficient (Wildman–Crippen LogP) is 3.34. The molecule has 1 aromatic carbocycles. The zero-order chi connectivity index (χ0) is 15.2. The normalized spacial score (nSPS) is 14.8. The van der Waals surface area contributed by atoms with Crippen molar-refractivity contribution in [1.82, 2.24) is 0 Å². The van der Waals surface area contributed by atoms with E-state index in [1.807, 2.05) is 0 Å². The van der Waals surface area contributed by atoms with Crippen molar-refractivity contribution in [2.24, 2.45) is 0 Å². The van der Waals surface area contributed by atoms with Crippen LogP contribution in [0.1, 0.15) is 25.8 Å². The Morgan fingerprint density at radius 1 is 1.35 bits per heavy atom. The van der Waals surface area contributed by atoms with Gasteiger partial charge in [0.05, 0.1) is 13.2 Å². The van der Waals surface area contributed by atoms with Gasteiger partial charge in [0.2, 0.25) is 0 Å². The summed E-state index contributed by atoms with van der Waals surface area (Å²) in [6.45, 7) is 3.42. The maximum absolute atomic E-state index is 12.8. The minimum atomic E-state index is -3.93. The summed E-state index contributed by atoms with van der Waals surface area (Å²) in [5.74, 6) is 0. The molecule has 5 nitrogen and oxygen atoms in total. The smallest absolute Gasteiger partial charge is 0.366 e. The Morgan fingerprint density at radius 3 is 2.40 bits per heavy atom. The molecule has 0 bridgehead atoms. The van der Waals surface area contributed by atoms with E-state index in [0.717, 1.165) is 0 Å². The second-order valence-corrected chi connectivity index (χ2v) is 6.72. The van der Waals surface area contributed by atoms with E-state index in [2.05, 4.69) is 0 Å². The highest BCUT2D eigenvalue weighted by Gasteiger charge is 2.51. The van der Waals surface area contributed by atoms with E-state index in [1.165, 1.54) is 12.1 Å². The average molecular weight is 321 g/mol. The summed E-state index contributed by atoms with van der Waals surface area (Å²) in [5.41, 5.74) is 0.224. The van der Waals surface area contributed by atoms with Gasteiger partial charge < -0.3 is 18.9 Å². The van der Waals surface area contributed by atoms with Gasteiger partial charge in [0.25, 0.3) is 0 Å². The number of rotatable bonds is 8. The van der Waals surface area contributed by atoms with Crippen LogP contribution in [0.25, 0.3) is 0 Å². The number of carbonyl (C=O) groups is 1. The fourth-order valence-electron chi connectivity index (χ4n) is 1.83. The lowest BCUT2D eigenvalue weighted by atomic mass is 10.1. The molecule has 0 amide bonds. The molecule has 0 aliphatic carbocycles. The lowest BCUT2D eigenvalue weighted by Crippen LogP contribution is -2.29. The second-order valence-electron chi connectivity index (χ2n) is 4.03. The molecule has 0 fully saturated rings. The van der Waals surface area contributed by atoms with Gasteiger partial charge in [0, 0.05) is 11.4 Å². The molecular formula is C13H18ClO5P. The molecule has 0 saturated carbocycles. The number of benzene rings is 1. The van der Waals surface area contributed by atoms with E-state index in [-0.39, 0.29) is 18.8 Å². The molecule has 112 valence electrons. The molecule has 0 unspecified atom stereocenters. The Morgan fingerprint density at radius 2 is 1.95 bits per heavy atom. The van der Waals surface area contributed by atoms with Crippen molar-refractivity contribution in [2.45, 2.75) is 25.6 Å². The molecule has 0 aliphatic rings. The molecule has 0 aromatic heterocycles. The number of aldehydes is 1. The third-order valence-electron chi connectivity index (χ3n) is 2.71. The zero-order valence-corrected chi connectivity index (χ0v) is 13.1. The Hall–Kier alpha value is -0.710. The van der Waals surface area contributed by atoms with E-state index in [9.17, 15) is 14.5 Å². The first-order valence-corrected chi connectivity index (χ1v) is 8.16. The summed E-state index contributed by atoms with van der Waals surface area (Å²) in [7, 11) is -3.93. The minimum absolute atomic E-state index is 0.0824. The molecule has 0 radical (unpaired) electrons. The first-order valence-electron chi connectivity index (χ1n) is 6.24. The summed E-state index contributed by atoms with van der Waals surface area (Å²) < 4.78 is 23.2. The summed E-state index contributed by atoms with van der Waals surface area (Å²) in [6, 6.07) is 6.17. The fourth-order valence-corrected chi connectivity index (χ4v) is 3.96. The first-order chi connectivity index (χ1) is 9.43. The van der Waals surface area contributed by atoms with Crippen LogP contribution >= 0.6 is 19.2 Å². The monoisotopic (exact) mass is 320 g/mol. The quantitative estimate of drug-likeness (QED) is 0.587. The van der Waals surface area contributed by atoms with Crippen molar-refractivity contribution >= 4 is 25.5 Å². The Bertz CT molecular complexity index is 497. The average Bonchev–Trinajstić information content (AvgIpc) is 2.39. The Kier molecular flexibility index (Phi) is 6.37. The standard InChI is InChI=1S/C13H18ClO5P/c1-3-18-20(17,19-4-2)13(16,8-9-15)11-6-5-7-12(14)10-11/h5-7,9-10,16H,3-4,8H2,1-2H3/t13-/m1/s1. The molecule has 20 heavy (non-hydrogen) atoms. The molecule has 0 heterocycles. The van der Waals surface area contributed by atoms with Crippen LogP contribution in [0.15, 0.2) is 24.3 Å². The van der Waals surface area contributed by atoms with Gasteiger partial charge >= 0.3 is 7.60 Å². The van der Waals surface area contributed by atoms with Gasteiger partial charge in [-0.1, -0.05) is 23.7 Å². The van der Waals surface area contributed by atoms with Crippen molar-refractivity contribution in [3.05, 3.63) is 34.9 Å². The molecule has 1 aromatic rings. The van der Waals surface area contributed by atoms with Crippen molar-refractivity contribution < 1.29 is 23.5 Å². The minimum Gasteiger partial charge on any atom is -0.373 e. The molecule has 0 aliphatic heterocycles. The van der Waals surface area contributed by atoms with Crippen LogP contribution in [0.4, 0.5) is 0 Å². The number of carbonyl (C=O) groups excluding carboxylic acids is 1. The van der Waals surface area contributed by atoms with E-state index in [1.54, 1.807) is 26.0 Å². The van der Waals surface area contributed by atoms with Crippen LogP contribution < -0.4 is 0 Å². The summed E-state index contributed by atoms with van der Waals surface area (Å²) in [6.07, 6.45) is 0.0657. The van der Waals surface area contributed by atoms with Crippen LogP contribution in [-0.4, -0.2) is 24.6 Å². The highest BCUT2D eigenvalue weighted by molar-refractivity contribution is 7.55. The first kappa shape index (κ1) is 17.3. The molecule has 1 N–H and O–H groups in total. The van der Waals surface area contributed by atoms with Gasteiger partial charge in [-0.2, -0.15) is 0 Å². The Balaban J connectivity index is 3.38. The summed E-state index contributed by atoms with van der Waals surface area (Å²) in [4.78, 5) is 10.9. The predicted molar refractivity (Wildman–Crippen MR) is 76.9 cm³/mol. The highest BCUT2D eigenvalue weighted by Crippen LogP contribution is 2.64. The van der Waals surface area contributed by atoms with E-state index in [4.69, 9.17) is 20.6 Å². The lowest BCUT2D eigenvalue weighted by molar-refractivity contribution is -0.111. The van der Waals surface area contributed by atoms with E-state index >= 15 is 0 Å². The number of aliphatic hydroxyl groups is 1. The van der Waals surface area contributed by atoms with Crippen LogP contribution in [0, 0.1) is 0 Å². The van der Waals surface area contributed by atoms with Crippen LogP contribution in [0.3, 0.4) is 0 Å². The molecular weight excluding hydrogens is 303 g/mol. The van der Waals surface area contributed by atoms with Gasteiger partial charge in [-0.3, -0.25) is 4.57 Å². The maximum atomic E-state index is 12.8. The zero-order valence-electron chi connectivity index (χ0n) is 11.4. The SMILES string of the molecule is CCOP(=O)(OCC)[C@](O)(CC=O)c1cccc(Cl)c1. The van der Waals surface area contributed by atoms with Crippen molar-refractivity contribution in [3.63, 3.8) is 0 Å². The lowest BCUT2D eigenvalue weighted by Gasteiger charge is -2.33. The Labute approximate surface area is 123 Å². The van der Waals surface area contributed by atoms with Crippen molar-refractivity contribution in [3.8, 4) is 0 Å². The molecule has 7 heteroatoms. The van der Waals surface area contributed by atoms with Gasteiger partial charge in [0.1, 0.15) is 6.29 Å². The van der Waals surface area contributed by atoms with Crippen molar-refractivity contribution in [2.75, 3.05) is 13.2 Å². The number of hydrogen-bond donors (Lipinski definition) is 1. The molecule has 0 spiro atoms. The molecule has 0 saturated heterocycles. The van der Waals surface area contributed by atoms with Crippen molar-refractivity contribution in [1.29, 1.82) is 0 Å². The third-order valence-corrected chi connectivity index (χ3v) is 5.48.